The molecule has 2 radical (unpaired) electrons. The molecule has 126 valence electrons. The number of nitrogens with zero attached hydrogens (tertiary/aromatic N) is 1. The molecule has 0 aliphatic heterocycles. The second kappa shape index (κ2) is 11.0. The summed E-state index contributed by atoms with van der Waals surface area (Å²) in [6.07, 6.45) is 8.88. The van der Waals surface area contributed by atoms with Gasteiger partial charge in [0.25, 0.3) is 0 Å². The number of alkyl halides is 2. The molecule has 22 heavy (non-hydrogen) atoms. The first-order chi connectivity index (χ1) is 10.6. The molecule has 1 nitrogen and oxygen atoms in total. The molecule has 0 saturated carbocycles. The van der Waals surface area contributed by atoms with Gasteiger partial charge in [0.15, 0.2) is 0 Å². The Hall–Kier alpha value is 0.289. The van der Waals surface area contributed by atoms with Gasteiger partial charge in [-0.3, -0.25) is 0 Å². The van der Waals surface area contributed by atoms with E-state index in [2.05, 4.69) is 25.8 Å². The Labute approximate surface area is 148 Å². The van der Waals surface area contributed by atoms with Gasteiger partial charge >= 0.3 is 149 Å². The molecule has 1 aromatic rings. The fourth-order valence-corrected chi connectivity index (χ4v) is 10.3. The normalized spacial score (nSPS) is 12.3. The van der Waals surface area contributed by atoms with Crippen molar-refractivity contribution in [3.63, 3.8) is 0 Å². The number of hydrogen-bond acceptors (Lipinski definition) is 2. The first-order valence-electron chi connectivity index (χ1n) is 8.58. The molecule has 0 unspecified atom stereocenters. The van der Waals surface area contributed by atoms with Gasteiger partial charge in [0.05, 0.1) is 0 Å². The molecule has 0 fully saturated rings. The summed E-state index contributed by atoms with van der Waals surface area (Å²) >= 11 is 0.555. The van der Waals surface area contributed by atoms with Gasteiger partial charge in [-0.25, -0.2) is 0 Å². The number of unbranched alkanes of at least 4 members (excludes halogenated alkanes) is 3. The van der Waals surface area contributed by atoms with Gasteiger partial charge in [-0.05, 0) is 0 Å². The van der Waals surface area contributed by atoms with Gasteiger partial charge in [0, 0.05) is 0 Å². The Balaban J connectivity index is 2.87. The molecule has 0 amide bonds. The van der Waals surface area contributed by atoms with E-state index in [4.69, 9.17) is 0 Å². The Morgan fingerprint density at radius 1 is 1.05 bits per heavy atom. The Morgan fingerprint density at radius 3 is 1.91 bits per heavy atom. The average Bonchev–Trinajstić information content (AvgIpc) is 2.97. The number of aromatic nitrogens is 1. The molecule has 1 heterocycles. The number of rotatable bonds is 12. The third-order valence-corrected chi connectivity index (χ3v) is 11.1. The quantitative estimate of drug-likeness (QED) is 0.359. The van der Waals surface area contributed by atoms with Crippen LogP contribution in [-0.4, -0.2) is 26.1 Å². The van der Waals surface area contributed by atoms with E-state index >= 15 is 0 Å². The first kappa shape index (κ1) is 20.3. The standard InChI is InChI=1S/C13H27.C4H2F2NS.Sn/c1-4-7-10-13(11-8-5-2)12-9-6-3;5-4(6)3-1-8-2-7-3;/h4-12H2,1-3H3;1,4H;. The van der Waals surface area contributed by atoms with E-state index in [1.54, 1.807) is 5.38 Å². The average molecular weight is 436 g/mol. The fourth-order valence-electron chi connectivity index (χ4n) is 2.78. The summed E-state index contributed by atoms with van der Waals surface area (Å²) in [6.45, 7) is 6.73. The van der Waals surface area contributed by atoms with E-state index in [-0.39, 0.29) is 5.69 Å². The van der Waals surface area contributed by atoms with Crippen LogP contribution in [-0.2, 0) is 0 Å². The minimum absolute atomic E-state index is 0.00345. The Morgan fingerprint density at radius 2 is 1.55 bits per heavy atom. The summed E-state index contributed by atoms with van der Waals surface area (Å²) in [7, 11) is 0. The molecule has 0 saturated heterocycles. The molecule has 1 rings (SSSR count). The van der Waals surface area contributed by atoms with Crippen LogP contribution in [0, 0.1) is 0 Å². The van der Waals surface area contributed by atoms with Crippen LogP contribution in [0.25, 0.3) is 0 Å². The van der Waals surface area contributed by atoms with E-state index < -0.39 is 27.6 Å². The fraction of sp³-hybridized carbons (Fsp3) is 0.824. The number of hydrogen-bond donors (Lipinski definition) is 0. The SMILES string of the molecule is CCCC[C](CCCC)(CCCC)[Sn][c]1nc(C(F)F)cs1. The van der Waals surface area contributed by atoms with Crippen LogP contribution in [0.15, 0.2) is 5.38 Å². The van der Waals surface area contributed by atoms with Crippen molar-refractivity contribution >= 4 is 35.5 Å². The van der Waals surface area contributed by atoms with Crippen molar-refractivity contribution in [2.24, 2.45) is 0 Å². The zero-order valence-electron chi connectivity index (χ0n) is 14.1. The predicted molar refractivity (Wildman–Crippen MR) is 93.7 cm³/mol. The molecule has 0 aliphatic carbocycles. The van der Waals surface area contributed by atoms with Gasteiger partial charge in [-0.15, -0.1) is 0 Å². The minimum atomic E-state index is -2.42. The Bertz CT molecular complexity index is 387. The molecule has 0 aliphatic rings. The Kier molecular flexibility index (Phi) is 10.1. The van der Waals surface area contributed by atoms with Crippen LogP contribution < -0.4 is 3.02 Å². The van der Waals surface area contributed by atoms with Crippen LogP contribution in [0.4, 0.5) is 8.78 Å². The molecule has 0 spiro atoms. The van der Waals surface area contributed by atoms with Crippen molar-refractivity contribution in [3.8, 4) is 0 Å². The third-order valence-electron chi connectivity index (χ3n) is 4.14. The summed E-state index contributed by atoms with van der Waals surface area (Å²) in [4.78, 5) is 4.26. The maximum atomic E-state index is 12.8. The number of thiazole rings is 1. The molecule has 0 N–H and O–H groups in total. The van der Waals surface area contributed by atoms with Crippen molar-refractivity contribution in [1.29, 1.82) is 0 Å². The monoisotopic (exact) mass is 437 g/mol. The molecule has 0 bridgehead atoms. The van der Waals surface area contributed by atoms with Crippen molar-refractivity contribution in [3.05, 3.63) is 11.1 Å². The van der Waals surface area contributed by atoms with Crippen LogP contribution >= 0.6 is 11.3 Å². The molecule has 1 aromatic heterocycles. The summed E-state index contributed by atoms with van der Waals surface area (Å²) in [5, 5.41) is 1.57. The van der Waals surface area contributed by atoms with E-state index in [9.17, 15) is 8.78 Å². The van der Waals surface area contributed by atoms with E-state index in [1.165, 1.54) is 69.1 Å². The first-order valence-corrected chi connectivity index (χ1v) is 12.3. The topological polar surface area (TPSA) is 12.9 Å². The molecular formula is C17H29F2NSSn. The van der Waals surface area contributed by atoms with Crippen LogP contribution in [0.2, 0.25) is 3.43 Å². The van der Waals surface area contributed by atoms with Gasteiger partial charge < -0.3 is 0 Å². The summed E-state index contributed by atoms with van der Waals surface area (Å²) < 4.78 is 27.1. The van der Waals surface area contributed by atoms with E-state index in [0.29, 0.717) is 3.43 Å². The van der Waals surface area contributed by atoms with Crippen LogP contribution in [0.3, 0.4) is 0 Å². The van der Waals surface area contributed by atoms with Crippen molar-refractivity contribution in [2.45, 2.75) is 88.4 Å². The molecular weight excluding hydrogens is 407 g/mol. The van der Waals surface area contributed by atoms with Crippen molar-refractivity contribution < 1.29 is 8.78 Å². The van der Waals surface area contributed by atoms with Gasteiger partial charge in [-0.1, -0.05) is 0 Å². The van der Waals surface area contributed by atoms with Gasteiger partial charge in [0.2, 0.25) is 0 Å². The summed E-state index contributed by atoms with van der Waals surface area (Å²) in [6, 6.07) is 0. The zero-order chi connectivity index (χ0) is 16.4. The van der Waals surface area contributed by atoms with Crippen molar-refractivity contribution in [1.82, 2.24) is 4.98 Å². The van der Waals surface area contributed by atoms with Gasteiger partial charge in [0.1, 0.15) is 0 Å². The maximum absolute atomic E-state index is 12.8. The second-order valence-electron chi connectivity index (χ2n) is 6.09. The van der Waals surface area contributed by atoms with Crippen molar-refractivity contribution in [2.75, 3.05) is 0 Å². The molecule has 5 heteroatoms. The van der Waals surface area contributed by atoms with Crippen LogP contribution in [0.5, 0.6) is 0 Å². The third kappa shape index (κ3) is 6.81. The number of halogens is 2. The predicted octanol–water partition coefficient (Wildman–Crippen LogP) is 6.14. The van der Waals surface area contributed by atoms with E-state index in [1.807, 2.05) is 0 Å². The van der Waals surface area contributed by atoms with E-state index in [0.717, 1.165) is 3.02 Å². The summed E-state index contributed by atoms with van der Waals surface area (Å²) in [5.74, 6) is 0. The molecule has 0 atom stereocenters. The van der Waals surface area contributed by atoms with Crippen LogP contribution in [0.1, 0.15) is 90.7 Å². The zero-order valence-corrected chi connectivity index (χ0v) is 17.8. The second-order valence-corrected chi connectivity index (χ2v) is 13.1. The summed E-state index contributed by atoms with van der Waals surface area (Å²) in [5.41, 5.74) is -0.00345. The van der Waals surface area contributed by atoms with Gasteiger partial charge in [-0.2, -0.15) is 0 Å². The molecule has 0 aromatic carbocycles.